The van der Waals surface area contributed by atoms with Gasteiger partial charge in [-0.3, -0.25) is 9.59 Å². The molecule has 5 rings (SSSR count). The highest BCUT2D eigenvalue weighted by atomic mass is 35.5. The van der Waals surface area contributed by atoms with Crippen molar-refractivity contribution in [3.05, 3.63) is 87.1 Å². The number of ether oxygens (including phenoxy) is 1. The van der Waals surface area contributed by atoms with Crippen molar-refractivity contribution in [2.75, 3.05) is 25.6 Å². The van der Waals surface area contributed by atoms with Gasteiger partial charge in [-0.05, 0) is 59.0 Å². The van der Waals surface area contributed by atoms with Crippen LogP contribution in [0.3, 0.4) is 0 Å². The molecule has 3 heterocycles. The van der Waals surface area contributed by atoms with Crippen LogP contribution >= 0.6 is 35.6 Å². The zero-order chi connectivity index (χ0) is 24.6. The Kier molecular flexibility index (Phi) is 6.70. The van der Waals surface area contributed by atoms with E-state index in [-0.39, 0.29) is 18.1 Å². The van der Waals surface area contributed by atoms with Crippen LogP contribution in [0.25, 0.3) is 0 Å². The number of amides is 1. The summed E-state index contributed by atoms with van der Waals surface area (Å²) in [6.07, 6.45) is 1.97. The second kappa shape index (κ2) is 9.62. The van der Waals surface area contributed by atoms with Crippen LogP contribution in [0.15, 0.2) is 65.4 Å². The second-order valence-corrected chi connectivity index (χ2v) is 11.0. The second-order valence-electron chi connectivity index (χ2n) is 9.14. The molecular formula is C27H27ClN2O3S2. The quantitative estimate of drug-likeness (QED) is 0.341. The van der Waals surface area contributed by atoms with Crippen LogP contribution in [0.4, 0.5) is 5.69 Å². The van der Waals surface area contributed by atoms with Gasteiger partial charge in [0.25, 0.3) is 5.91 Å². The van der Waals surface area contributed by atoms with Crippen molar-refractivity contribution in [1.29, 1.82) is 0 Å². The van der Waals surface area contributed by atoms with E-state index in [2.05, 4.69) is 11.4 Å². The maximum absolute atomic E-state index is 14.0. The molecule has 0 bridgehead atoms. The number of carbonyl (C=O) groups is 2. The molecule has 2 atom stereocenters. The summed E-state index contributed by atoms with van der Waals surface area (Å²) in [5, 5.41) is 7.95. The average molecular weight is 527 g/mol. The van der Waals surface area contributed by atoms with E-state index >= 15 is 0 Å². The molecule has 2 aliphatic rings. The summed E-state index contributed by atoms with van der Waals surface area (Å²) < 4.78 is 3.84. The van der Waals surface area contributed by atoms with E-state index in [9.17, 15) is 9.59 Å². The minimum atomic E-state index is -1.65. The van der Waals surface area contributed by atoms with E-state index in [1.807, 2.05) is 35.0 Å². The molecule has 2 aromatic carbocycles. The molecule has 2 unspecified atom stereocenters. The van der Waals surface area contributed by atoms with Crippen LogP contribution in [0, 0.1) is 0 Å². The number of benzene rings is 2. The first-order valence-electron chi connectivity index (χ1n) is 11.6. The van der Waals surface area contributed by atoms with Gasteiger partial charge in [0.15, 0.2) is 10.5 Å². The molecule has 8 heteroatoms. The van der Waals surface area contributed by atoms with E-state index in [1.165, 1.54) is 0 Å². The summed E-state index contributed by atoms with van der Waals surface area (Å²) in [7, 11) is 1.76. The van der Waals surface area contributed by atoms with E-state index in [0.717, 1.165) is 42.9 Å². The van der Waals surface area contributed by atoms with Gasteiger partial charge in [-0.2, -0.15) is 24.0 Å². The molecule has 2 aliphatic heterocycles. The lowest BCUT2D eigenvalue weighted by Gasteiger charge is -2.50. The number of thiol groups is 1. The lowest BCUT2D eigenvalue weighted by atomic mass is 9.71. The van der Waals surface area contributed by atoms with Crippen LogP contribution in [0.5, 0.6) is 0 Å². The number of carbonyl (C=O) groups excluding carboxylic acids is 2. The number of anilines is 1. The number of likely N-dealkylation sites (tertiary alicyclic amines) is 1. The Morgan fingerprint density at radius 1 is 1.09 bits per heavy atom. The predicted octanol–water partition coefficient (Wildman–Crippen LogP) is 5.49. The van der Waals surface area contributed by atoms with Gasteiger partial charge in [0.1, 0.15) is 5.54 Å². The number of rotatable bonds is 5. The van der Waals surface area contributed by atoms with Crippen molar-refractivity contribution in [2.24, 2.45) is 0 Å². The fraction of sp³-hybridized carbons (Fsp3) is 0.333. The Labute approximate surface area is 219 Å². The van der Waals surface area contributed by atoms with Gasteiger partial charge in [0.05, 0.1) is 0 Å². The number of nitrogens with one attached hydrogen (secondary N) is 1. The summed E-state index contributed by atoms with van der Waals surface area (Å²) in [4.78, 5) is 29.6. The predicted molar refractivity (Wildman–Crippen MR) is 144 cm³/mol. The summed E-state index contributed by atoms with van der Waals surface area (Å²) in [6, 6.07) is 17.3. The molecule has 1 aromatic heterocycles. The molecule has 0 spiro atoms. The number of likely N-dealkylation sites (N-methyl/N-ethyl adjacent to an activating group) is 1. The van der Waals surface area contributed by atoms with E-state index < -0.39 is 10.3 Å². The van der Waals surface area contributed by atoms with Gasteiger partial charge in [0, 0.05) is 49.0 Å². The molecule has 0 radical (unpaired) electrons. The standard InChI is InChI=1S/C27H27ClN2O3S2/c1-30-25(32)27(34,22-7-2-3-8-23(22)28)24(31)16-26(30,19-11-14-35-17-19)18-5-4-6-21(15-18)29-20-9-12-33-13-10-20/h2-8,11,14-15,17,20,29,34H,9-10,12-13,16H2,1H3. The fourth-order valence-corrected chi connectivity index (χ4v) is 6.73. The zero-order valence-corrected chi connectivity index (χ0v) is 21.8. The average Bonchev–Trinajstić information content (AvgIpc) is 3.42. The lowest BCUT2D eigenvalue weighted by molar-refractivity contribution is -0.149. The molecule has 2 saturated heterocycles. The first kappa shape index (κ1) is 24.4. The number of ketones is 1. The van der Waals surface area contributed by atoms with Crippen molar-refractivity contribution in [2.45, 2.75) is 35.6 Å². The molecule has 35 heavy (non-hydrogen) atoms. The number of halogens is 1. The molecule has 1 amide bonds. The van der Waals surface area contributed by atoms with Crippen LogP contribution in [-0.2, 0) is 24.6 Å². The Morgan fingerprint density at radius 2 is 1.86 bits per heavy atom. The highest BCUT2D eigenvalue weighted by molar-refractivity contribution is 7.83. The Morgan fingerprint density at radius 3 is 2.57 bits per heavy atom. The Hall–Kier alpha value is -2.32. The third-order valence-electron chi connectivity index (χ3n) is 7.20. The van der Waals surface area contributed by atoms with Crippen molar-refractivity contribution >= 4 is 52.9 Å². The largest absolute Gasteiger partial charge is 0.382 e. The lowest BCUT2D eigenvalue weighted by Crippen LogP contribution is -2.62. The van der Waals surface area contributed by atoms with Gasteiger partial charge in [-0.15, -0.1) is 0 Å². The van der Waals surface area contributed by atoms with E-state index in [4.69, 9.17) is 29.0 Å². The summed E-state index contributed by atoms with van der Waals surface area (Å²) in [5.41, 5.74) is 2.22. The van der Waals surface area contributed by atoms with Crippen molar-refractivity contribution in [3.63, 3.8) is 0 Å². The summed E-state index contributed by atoms with van der Waals surface area (Å²) in [5.74, 6) is -0.662. The Balaban J connectivity index is 1.59. The van der Waals surface area contributed by atoms with Gasteiger partial charge < -0.3 is 15.0 Å². The van der Waals surface area contributed by atoms with Gasteiger partial charge in [-0.1, -0.05) is 41.9 Å². The highest BCUT2D eigenvalue weighted by Gasteiger charge is 2.59. The summed E-state index contributed by atoms with van der Waals surface area (Å²) >= 11 is 12.7. The number of hydrogen-bond donors (Lipinski definition) is 2. The molecule has 182 valence electrons. The van der Waals surface area contributed by atoms with Crippen LogP contribution in [0.1, 0.15) is 36.0 Å². The van der Waals surface area contributed by atoms with Crippen LogP contribution in [0.2, 0.25) is 5.02 Å². The number of piperidine rings is 1. The van der Waals surface area contributed by atoms with Gasteiger partial charge >= 0.3 is 0 Å². The minimum absolute atomic E-state index is 0.0847. The topological polar surface area (TPSA) is 58.6 Å². The first-order chi connectivity index (χ1) is 16.9. The molecule has 5 nitrogen and oxygen atoms in total. The van der Waals surface area contributed by atoms with E-state index in [1.54, 1.807) is 47.5 Å². The SMILES string of the molecule is CN1C(=O)C(S)(c2ccccc2Cl)C(=O)CC1(c1ccsc1)c1cccc(NC2CCOCC2)c1. The molecule has 1 N–H and O–H groups in total. The Bertz CT molecular complexity index is 1240. The van der Waals surface area contributed by atoms with Crippen LogP contribution < -0.4 is 5.32 Å². The zero-order valence-electron chi connectivity index (χ0n) is 19.4. The molecule has 2 fully saturated rings. The maximum atomic E-state index is 14.0. The van der Waals surface area contributed by atoms with Crippen molar-refractivity contribution in [1.82, 2.24) is 4.90 Å². The first-order valence-corrected chi connectivity index (χ1v) is 13.4. The summed E-state index contributed by atoms with van der Waals surface area (Å²) in [6.45, 7) is 1.49. The van der Waals surface area contributed by atoms with Crippen molar-refractivity contribution < 1.29 is 14.3 Å². The normalized spacial score (nSPS) is 25.6. The minimum Gasteiger partial charge on any atom is -0.382 e. The molecular weight excluding hydrogens is 500 g/mol. The molecule has 0 aliphatic carbocycles. The third kappa shape index (κ3) is 4.08. The van der Waals surface area contributed by atoms with Crippen LogP contribution in [-0.4, -0.2) is 42.9 Å². The molecule has 3 aromatic rings. The smallest absolute Gasteiger partial charge is 0.251 e. The van der Waals surface area contributed by atoms with Gasteiger partial charge in [0.2, 0.25) is 0 Å². The number of thiophene rings is 1. The fourth-order valence-electron chi connectivity index (χ4n) is 5.24. The number of Topliss-reactive ketones (excluding diaryl/α,β-unsaturated/α-hetero) is 1. The number of nitrogens with zero attached hydrogens (tertiary/aromatic N) is 1. The molecule has 0 saturated carbocycles. The van der Waals surface area contributed by atoms with E-state index in [0.29, 0.717) is 16.6 Å². The highest BCUT2D eigenvalue weighted by Crippen LogP contribution is 2.50. The van der Waals surface area contributed by atoms with Gasteiger partial charge in [-0.25, -0.2) is 0 Å². The van der Waals surface area contributed by atoms with Crippen molar-refractivity contribution in [3.8, 4) is 0 Å². The maximum Gasteiger partial charge on any atom is 0.251 e. The third-order valence-corrected chi connectivity index (χ3v) is 8.90. The monoisotopic (exact) mass is 526 g/mol. The number of hydrogen-bond acceptors (Lipinski definition) is 6.